The number of benzene rings is 1. The Kier molecular flexibility index (Phi) is 5.39. The minimum absolute atomic E-state index is 0.0552. The van der Waals surface area contributed by atoms with Gasteiger partial charge in [0.2, 0.25) is 0 Å². The molecular weight excluding hydrogens is 271 g/mol. The molecule has 0 spiro atoms. The zero-order valence-corrected chi connectivity index (χ0v) is 11.1. The molecule has 0 radical (unpaired) electrons. The van der Waals surface area contributed by atoms with E-state index in [4.69, 9.17) is 9.84 Å². The lowest BCUT2D eigenvalue weighted by molar-refractivity contribution is -0.384. The average molecular weight is 286 g/mol. The Hall–Kier alpha value is -2.22. The van der Waals surface area contributed by atoms with Crippen molar-refractivity contribution in [3.63, 3.8) is 0 Å². The van der Waals surface area contributed by atoms with E-state index in [-0.39, 0.29) is 18.3 Å². The van der Waals surface area contributed by atoms with Crippen molar-refractivity contribution in [1.82, 2.24) is 0 Å². The number of nitro groups is 1. The van der Waals surface area contributed by atoms with E-state index >= 15 is 0 Å². The standard InChI is InChI=1S/C12H15FN2O5/c1-3-20-7(2)6-14-10-4-8(12(16)17)9(13)5-11(10)15(18)19/h4-5,7,14H,3,6H2,1-2H3,(H,16,17). The monoisotopic (exact) mass is 286 g/mol. The van der Waals surface area contributed by atoms with Crippen LogP contribution in [0, 0.1) is 15.9 Å². The van der Waals surface area contributed by atoms with Gasteiger partial charge in [0.15, 0.2) is 0 Å². The van der Waals surface area contributed by atoms with Crippen LogP contribution in [0.5, 0.6) is 0 Å². The van der Waals surface area contributed by atoms with Crippen molar-refractivity contribution >= 4 is 17.3 Å². The summed E-state index contributed by atoms with van der Waals surface area (Å²) >= 11 is 0. The molecule has 1 atom stereocenters. The van der Waals surface area contributed by atoms with E-state index in [9.17, 15) is 19.3 Å². The van der Waals surface area contributed by atoms with E-state index in [1.165, 1.54) is 0 Å². The molecule has 0 aliphatic rings. The van der Waals surface area contributed by atoms with E-state index in [0.29, 0.717) is 12.7 Å². The highest BCUT2D eigenvalue weighted by Crippen LogP contribution is 2.28. The molecule has 1 rings (SSSR count). The number of nitro benzene ring substituents is 1. The number of halogens is 1. The van der Waals surface area contributed by atoms with E-state index in [1.54, 1.807) is 13.8 Å². The molecule has 7 nitrogen and oxygen atoms in total. The molecular formula is C12H15FN2O5. The minimum atomic E-state index is -1.49. The van der Waals surface area contributed by atoms with Gasteiger partial charge in [0.25, 0.3) is 5.69 Å². The quantitative estimate of drug-likeness (QED) is 0.589. The normalized spacial score (nSPS) is 11.9. The Labute approximate surface area is 114 Å². The van der Waals surface area contributed by atoms with Gasteiger partial charge in [0.1, 0.15) is 11.5 Å². The number of aromatic carboxylic acids is 1. The molecule has 110 valence electrons. The lowest BCUT2D eigenvalue weighted by atomic mass is 10.1. The van der Waals surface area contributed by atoms with E-state index in [0.717, 1.165) is 6.07 Å². The molecule has 0 saturated carbocycles. The SMILES string of the molecule is CCOC(C)CNc1cc(C(=O)O)c(F)cc1[N+](=O)[O-]. The zero-order valence-electron chi connectivity index (χ0n) is 11.1. The van der Waals surface area contributed by atoms with Crippen LogP contribution in [-0.2, 0) is 4.74 Å². The fourth-order valence-corrected chi connectivity index (χ4v) is 1.62. The summed E-state index contributed by atoms with van der Waals surface area (Å²) < 4.78 is 18.7. The summed E-state index contributed by atoms with van der Waals surface area (Å²) in [7, 11) is 0. The van der Waals surface area contributed by atoms with Crippen molar-refractivity contribution in [1.29, 1.82) is 0 Å². The maximum absolute atomic E-state index is 13.4. The van der Waals surface area contributed by atoms with Crippen molar-refractivity contribution in [2.45, 2.75) is 20.0 Å². The zero-order chi connectivity index (χ0) is 15.3. The van der Waals surface area contributed by atoms with Crippen molar-refractivity contribution in [2.24, 2.45) is 0 Å². The van der Waals surface area contributed by atoms with Crippen LogP contribution in [0.3, 0.4) is 0 Å². The van der Waals surface area contributed by atoms with Gasteiger partial charge in [-0.3, -0.25) is 10.1 Å². The van der Waals surface area contributed by atoms with Crippen molar-refractivity contribution in [3.05, 3.63) is 33.6 Å². The Morgan fingerprint density at radius 2 is 2.25 bits per heavy atom. The smallest absolute Gasteiger partial charge is 0.338 e. The van der Waals surface area contributed by atoms with Crippen LogP contribution in [-0.4, -0.2) is 35.3 Å². The molecule has 0 amide bonds. The highest BCUT2D eigenvalue weighted by molar-refractivity contribution is 5.90. The first-order valence-electron chi connectivity index (χ1n) is 5.93. The molecule has 1 aromatic carbocycles. The summed E-state index contributed by atoms with van der Waals surface area (Å²) in [4.78, 5) is 20.9. The number of carboxylic acids is 1. The molecule has 0 bridgehead atoms. The third-order valence-electron chi connectivity index (χ3n) is 2.54. The maximum Gasteiger partial charge on any atom is 0.338 e. The lowest BCUT2D eigenvalue weighted by Gasteiger charge is -2.14. The number of hydrogen-bond acceptors (Lipinski definition) is 5. The molecule has 8 heteroatoms. The van der Waals surface area contributed by atoms with Gasteiger partial charge in [0, 0.05) is 13.2 Å². The van der Waals surface area contributed by atoms with Gasteiger partial charge in [-0.25, -0.2) is 9.18 Å². The number of rotatable bonds is 7. The van der Waals surface area contributed by atoms with Crippen LogP contribution in [0.1, 0.15) is 24.2 Å². The lowest BCUT2D eigenvalue weighted by Crippen LogP contribution is -2.20. The molecule has 1 unspecified atom stereocenters. The first-order valence-corrected chi connectivity index (χ1v) is 5.93. The summed E-state index contributed by atoms with van der Waals surface area (Å²) in [6.07, 6.45) is -0.224. The van der Waals surface area contributed by atoms with Crippen molar-refractivity contribution in [2.75, 3.05) is 18.5 Å². The van der Waals surface area contributed by atoms with Crippen LogP contribution in [0.2, 0.25) is 0 Å². The molecule has 20 heavy (non-hydrogen) atoms. The van der Waals surface area contributed by atoms with Crippen LogP contribution in [0.25, 0.3) is 0 Å². The Bertz CT molecular complexity index is 521. The molecule has 2 N–H and O–H groups in total. The minimum Gasteiger partial charge on any atom is -0.478 e. The van der Waals surface area contributed by atoms with Gasteiger partial charge in [-0.05, 0) is 19.9 Å². The van der Waals surface area contributed by atoms with Crippen molar-refractivity contribution in [3.8, 4) is 0 Å². The summed E-state index contributed by atoms with van der Waals surface area (Å²) in [5.74, 6) is -2.63. The second-order valence-electron chi connectivity index (χ2n) is 4.06. The van der Waals surface area contributed by atoms with E-state index < -0.39 is 28.0 Å². The topological polar surface area (TPSA) is 102 Å². The maximum atomic E-state index is 13.4. The second-order valence-corrected chi connectivity index (χ2v) is 4.06. The van der Waals surface area contributed by atoms with Crippen LogP contribution in [0.4, 0.5) is 15.8 Å². The molecule has 0 aromatic heterocycles. The first-order chi connectivity index (χ1) is 9.36. The Balaban J connectivity index is 3.05. The number of ether oxygens (including phenoxy) is 1. The number of nitrogens with one attached hydrogen (secondary N) is 1. The number of carbonyl (C=O) groups is 1. The van der Waals surface area contributed by atoms with E-state index in [1.807, 2.05) is 0 Å². The first kappa shape index (κ1) is 15.8. The summed E-state index contributed by atoms with van der Waals surface area (Å²) in [5.41, 5.74) is -1.20. The van der Waals surface area contributed by atoms with Gasteiger partial charge in [0.05, 0.1) is 22.7 Å². The van der Waals surface area contributed by atoms with E-state index in [2.05, 4.69) is 5.32 Å². The average Bonchev–Trinajstić information content (AvgIpc) is 2.36. The predicted molar refractivity (Wildman–Crippen MR) is 69.6 cm³/mol. The number of hydrogen-bond donors (Lipinski definition) is 2. The molecule has 0 aliphatic carbocycles. The largest absolute Gasteiger partial charge is 0.478 e. The van der Waals surface area contributed by atoms with Gasteiger partial charge < -0.3 is 15.2 Å². The van der Waals surface area contributed by atoms with Crippen LogP contribution in [0.15, 0.2) is 12.1 Å². The molecule has 1 aromatic rings. The molecule has 0 heterocycles. The third-order valence-corrected chi connectivity index (χ3v) is 2.54. The van der Waals surface area contributed by atoms with Gasteiger partial charge in [-0.2, -0.15) is 0 Å². The Morgan fingerprint density at radius 1 is 1.60 bits per heavy atom. The van der Waals surface area contributed by atoms with Crippen LogP contribution < -0.4 is 5.32 Å². The number of nitrogens with zero attached hydrogens (tertiary/aromatic N) is 1. The number of carboxylic acid groups (broad SMARTS) is 1. The summed E-state index contributed by atoms with van der Waals surface area (Å²) in [6.45, 7) is 4.28. The molecule has 0 fully saturated rings. The summed E-state index contributed by atoms with van der Waals surface area (Å²) in [6, 6.07) is 1.51. The number of anilines is 1. The fraction of sp³-hybridized carbons (Fsp3) is 0.417. The van der Waals surface area contributed by atoms with Gasteiger partial charge >= 0.3 is 5.97 Å². The second kappa shape index (κ2) is 6.80. The third kappa shape index (κ3) is 3.89. The van der Waals surface area contributed by atoms with Crippen LogP contribution >= 0.6 is 0 Å². The molecule has 0 aliphatic heterocycles. The highest BCUT2D eigenvalue weighted by Gasteiger charge is 2.21. The van der Waals surface area contributed by atoms with Gasteiger partial charge in [-0.1, -0.05) is 0 Å². The van der Waals surface area contributed by atoms with Crippen molar-refractivity contribution < 1.29 is 24.0 Å². The Morgan fingerprint density at radius 3 is 2.75 bits per heavy atom. The predicted octanol–water partition coefficient (Wildman–Crippen LogP) is 2.27. The van der Waals surface area contributed by atoms with Gasteiger partial charge in [-0.15, -0.1) is 0 Å². The fourth-order valence-electron chi connectivity index (χ4n) is 1.62. The molecule has 0 saturated heterocycles. The highest BCUT2D eigenvalue weighted by atomic mass is 19.1. The summed E-state index contributed by atoms with van der Waals surface area (Å²) in [5, 5.41) is 22.4.